The number of ether oxygens (including phenoxy) is 1. The van der Waals surface area contributed by atoms with E-state index in [4.69, 9.17) is 9.72 Å². The number of aliphatic hydroxyl groups excluding tert-OH is 2. The van der Waals surface area contributed by atoms with Gasteiger partial charge >= 0.3 is 6.09 Å². The van der Waals surface area contributed by atoms with Crippen molar-refractivity contribution in [3.8, 4) is 0 Å². The largest absolute Gasteiger partial charge is 0.445 e. The van der Waals surface area contributed by atoms with E-state index in [9.17, 15) is 24.6 Å². The van der Waals surface area contributed by atoms with E-state index < -0.39 is 23.0 Å². The first-order valence-corrected chi connectivity index (χ1v) is 12.7. The van der Waals surface area contributed by atoms with Crippen LogP contribution in [0.1, 0.15) is 56.5 Å². The van der Waals surface area contributed by atoms with Crippen molar-refractivity contribution >= 4 is 34.4 Å². The summed E-state index contributed by atoms with van der Waals surface area (Å²) >= 11 is 1.33. The molecule has 35 heavy (non-hydrogen) atoms. The minimum Gasteiger partial charge on any atom is -0.445 e. The van der Waals surface area contributed by atoms with Crippen molar-refractivity contribution in [2.45, 2.75) is 58.5 Å². The van der Waals surface area contributed by atoms with Gasteiger partial charge in [0.05, 0.1) is 18.4 Å². The predicted octanol–water partition coefficient (Wildman–Crippen LogP) is 1.94. The van der Waals surface area contributed by atoms with E-state index in [1.54, 1.807) is 0 Å². The zero-order chi connectivity index (χ0) is 25.8. The summed E-state index contributed by atoms with van der Waals surface area (Å²) < 4.78 is 5.01. The molecule has 10 nitrogen and oxygen atoms in total. The van der Waals surface area contributed by atoms with Gasteiger partial charge in [0.1, 0.15) is 6.61 Å². The molecule has 1 aromatic heterocycles. The summed E-state index contributed by atoms with van der Waals surface area (Å²) in [6.45, 7) is 9.51. The topological polar surface area (TPSA) is 150 Å². The van der Waals surface area contributed by atoms with E-state index in [2.05, 4.69) is 29.5 Å². The first kappa shape index (κ1) is 27.1. The molecule has 0 spiro atoms. The Morgan fingerprint density at radius 1 is 1.29 bits per heavy atom. The first-order chi connectivity index (χ1) is 16.5. The van der Waals surface area contributed by atoms with Crippen molar-refractivity contribution < 1.29 is 29.3 Å². The maximum absolute atomic E-state index is 12.9. The number of fused-ring (bicyclic) bond motifs is 2. The van der Waals surface area contributed by atoms with Gasteiger partial charge in [0.2, 0.25) is 11.8 Å². The van der Waals surface area contributed by atoms with Crippen LogP contribution in [0, 0.1) is 16.7 Å². The van der Waals surface area contributed by atoms with Crippen LogP contribution in [0.15, 0.2) is 12.7 Å². The van der Waals surface area contributed by atoms with E-state index >= 15 is 0 Å². The molecule has 0 saturated heterocycles. The molecule has 0 aliphatic heterocycles. The highest BCUT2D eigenvalue weighted by molar-refractivity contribution is 7.15. The Balaban J connectivity index is 1.90. The molecule has 3 amide bonds. The number of nitrogens with zero attached hydrogens (tertiary/aromatic N) is 1. The zero-order valence-corrected chi connectivity index (χ0v) is 21.4. The third kappa shape index (κ3) is 5.68. The highest BCUT2D eigenvalue weighted by Gasteiger charge is 2.59. The second-order valence-electron chi connectivity index (χ2n) is 9.91. The number of thiazole rings is 1. The van der Waals surface area contributed by atoms with Crippen LogP contribution in [-0.4, -0.2) is 65.5 Å². The highest BCUT2D eigenvalue weighted by atomic mass is 32.1. The molecule has 2 aliphatic rings. The van der Waals surface area contributed by atoms with E-state index in [0.717, 1.165) is 10.6 Å². The Bertz CT molecular complexity index is 968. The molecule has 11 heteroatoms. The SMILES string of the molecule is C=CCOC(=O)Nc1nc2c(s1)C[C@H]1[C@](C)(CO)[C@H](O)CC[C@@]1(C)[C@H]2CC(=O)NCCNC(C)=O. The van der Waals surface area contributed by atoms with Crippen molar-refractivity contribution in [3.63, 3.8) is 0 Å². The molecule has 0 aromatic carbocycles. The number of amides is 3. The van der Waals surface area contributed by atoms with Gasteiger partial charge in [0.25, 0.3) is 0 Å². The van der Waals surface area contributed by atoms with E-state index in [-0.39, 0.29) is 43.3 Å². The lowest BCUT2D eigenvalue weighted by atomic mass is 9.47. The molecule has 194 valence electrons. The third-order valence-electron chi connectivity index (χ3n) is 7.65. The normalized spacial score (nSPS) is 29.3. The number of rotatable bonds is 9. The predicted molar refractivity (Wildman–Crippen MR) is 132 cm³/mol. The average Bonchev–Trinajstić information content (AvgIpc) is 3.21. The van der Waals surface area contributed by atoms with E-state index in [1.807, 2.05) is 6.92 Å². The van der Waals surface area contributed by atoms with Crippen molar-refractivity contribution in [1.29, 1.82) is 0 Å². The van der Waals surface area contributed by atoms with Crippen molar-refractivity contribution in [3.05, 3.63) is 23.2 Å². The van der Waals surface area contributed by atoms with Crippen LogP contribution in [0.5, 0.6) is 0 Å². The molecular weight excluding hydrogens is 472 g/mol. The Labute approximate surface area is 209 Å². The fraction of sp³-hybridized carbons (Fsp3) is 0.667. The monoisotopic (exact) mass is 508 g/mol. The Hall–Kier alpha value is -2.50. The molecule has 0 bridgehead atoms. The van der Waals surface area contributed by atoms with Crippen LogP contribution >= 0.6 is 11.3 Å². The minimum atomic E-state index is -0.731. The van der Waals surface area contributed by atoms with Crippen molar-refractivity contribution in [2.75, 3.05) is 31.6 Å². The Kier molecular flexibility index (Phi) is 8.55. The van der Waals surface area contributed by atoms with E-state index in [0.29, 0.717) is 37.5 Å². The molecule has 1 heterocycles. The number of hydrogen-bond acceptors (Lipinski definition) is 8. The van der Waals surface area contributed by atoms with Gasteiger partial charge in [-0.15, -0.1) is 11.3 Å². The smallest absolute Gasteiger partial charge is 0.413 e. The molecule has 5 atom stereocenters. The lowest BCUT2D eigenvalue weighted by Gasteiger charge is -2.58. The summed E-state index contributed by atoms with van der Waals surface area (Å²) in [5.74, 6) is -0.691. The number of anilines is 1. The van der Waals surface area contributed by atoms with Gasteiger partial charge in [0, 0.05) is 42.6 Å². The van der Waals surface area contributed by atoms with Gasteiger partial charge in [-0.3, -0.25) is 14.9 Å². The first-order valence-electron chi connectivity index (χ1n) is 11.9. The summed E-state index contributed by atoms with van der Waals surface area (Å²) in [5.41, 5.74) is -0.361. The van der Waals surface area contributed by atoms with E-state index in [1.165, 1.54) is 24.3 Å². The van der Waals surface area contributed by atoms with Crippen molar-refractivity contribution in [1.82, 2.24) is 15.6 Å². The molecule has 0 radical (unpaired) electrons. The lowest BCUT2D eigenvalue weighted by Crippen LogP contribution is -2.57. The summed E-state index contributed by atoms with van der Waals surface area (Å²) in [6.07, 6.45) is 2.13. The van der Waals surface area contributed by atoms with Crippen LogP contribution in [0.4, 0.5) is 9.93 Å². The number of aliphatic hydroxyl groups is 2. The van der Waals surface area contributed by atoms with Crippen LogP contribution in [0.2, 0.25) is 0 Å². The summed E-state index contributed by atoms with van der Waals surface area (Å²) in [7, 11) is 0. The molecule has 1 aromatic rings. The second-order valence-corrected chi connectivity index (χ2v) is 11.0. The van der Waals surface area contributed by atoms with Crippen molar-refractivity contribution in [2.24, 2.45) is 16.7 Å². The number of carbonyl (C=O) groups is 3. The molecule has 5 N–H and O–H groups in total. The Morgan fingerprint density at radius 2 is 2.00 bits per heavy atom. The zero-order valence-electron chi connectivity index (χ0n) is 20.6. The van der Waals surface area contributed by atoms with Crippen LogP contribution in [-0.2, 0) is 20.7 Å². The van der Waals surface area contributed by atoms with Gasteiger partial charge in [-0.25, -0.2) is 9.78 Å². The summed E-state index contributed by atoms with van der Waals surface area (Å²) in [6, 6.07) is 0. The minimum absolute atomic E-state index is 0.0745. The van der Waals surface area contributed by atoms with Gasteiger partial charge in [-0.1, -0.05) is 26.5 Å². The molecule has 0 unspecified atom stereocenters. The molecule has 1 saturated carbocycles. The standard InChI is InChI=1S/C24H36N4O6S/c1-5-10-34-22(33)28-21-27-20-15(11-19(32)26-9-8-25-14(2)30)23(3)7-6-18(31)24(4,13-29)17(23)12-16(20)35-21/h5,15,17-18,29,31H,1,6-13H2,2-4H3,(H,25,30)(H,26,32)(H,27,28,33)/t15-,17+,18+,23-,24-/m0/s1. The second kappa shape index (κ2) is 11.0. The van der Waals surface area contributed by atoms with Crippen LogP contribution < -0.4 is 16.0 Å². The maximum atomic E-state index is 12.9. The third-order valence-corrected chi connectivity index (χ3v) is 8.65. The lowest BCUT2D eigenvalue weighted by molar-refractivity contribution is -0.144. The molecular formula is C24H36N4O6S. The highest BCUT2D eigenvalue weighted by Crippen LogP contribution is 2.62. The van der Waals surface area contributed by atoms with Gasteiger partial charge in [0.15, 0.2) is 5.13 Å². The summed E-state index contributed by atoms with van der Waals surface area (Å²) in [4.78, 5) is 41.7. The number of carbonyl (C=O) groups excluding carboxylic acids is 3. The fourth-order valence-electron chi connectivity index (χ4n) is 5.66. The van der Waals surface area contributed by atoms with Crippen LogP contribution in [0.3, 0.4) is 0 Å². The fourth-order valence-corrected chi connectivity index (χ4v) is 6.71. The number of hydrogen-bond donors (Lipinski definition) is 5. The Morgan fingerprint density at radius 3 is 2.66 bits per heavy atom. The summed E-state index contributed by atoms with van der Waals surface area (Å²) in [5, 5.41) is 29.7. The molecule has 3 rings (SSSR count). The number of aromatic nitrogens is 1. The number of nitrogens with one attached hydrogen (secondary N) is 3. The molecule has 2 aliphatic carbocycles. The van der Waals surface area contributed by atoms with Gasteiger partial charge in [-0.2, -0.15) is 0 Å². The van der Waals surface area contributed by atoms with Gasteiger partial charge < -0.3 is 25.6 Å². The molecule has 1 fully saturated rings. The quantitative estimate of drug-likeness (QED) is 0.253. The van der Waals surface area contributed by atoms with Crippen LogP contribution in [0.25, 0.3) is 0 Å². The average molecular weight is 509 g/mol. The maximum Gasteiger partial charge on any atom is 0.413 e. The van der Waals surface area contributed by atoms with Gasteiger partial charge in [-0.05, 0) is 30.6 Å².